The van der Waals surface area contributed by atoms with E-state index in [0.29, 0.717) is 25.0 Å². The number of nitrogen functional groups attached to an aromatic ring is 1. The molecule has 0 heterocycles. The number of nitrogens with one attached hydrogen (secondary N) is 1. The molecule has 0 spiro atoms. The minimum atomic E-state index is -0.336. The normalized spacial score (nSPS) is 10.3. The quantitative estimate of drug-likeness (QED) is 0.553. The highest BCUT2D eigenvalue weighted by molar-refractivity contribution is 14.1. The van der Waals surface area contributed by atoms with E-state index in [-0.39, 0.29) is 11.7 Å². The first-order valence-corrected chi connectivity index (χ1v) is 7.16. The zero-order valence-electron chi connectivity index (χ0n) is 9.58. The molecule has 2 rings (SSSR count). The average Bonchev–Trinajstić information content (AvgIpc) is 2.36. The summed E-state index contributed by atoms with van der Waals surface area (Å²) >= 11 is 5.23. The van der Waals surface area contributed by atoms with E-state index >= 15 is 0 Å². The second kappa shape index (κ2) is 5.87. The molecule has 2 aromatic carbocycles. The summed E-state index contributed by atoms with van der Waals surface area (Å²) in [5.74, 6) is -0.608. The van der Waals surface area contributed by atoms with E-state index in [1.807, 2.05) is 22.6 Å². The van der Waals surface area contributed by atoms with Crippen LogP contribution in [0.3, 0.4) is 0 Å². The number of carbonyl (C=O) groups excluding carboxylic acids is 1. The number of benzene rings is 2. The van der Waals surface area contributed by atoms with Crippen LogP contribution in [0.1, 0.15) is 10.4 Å². The molecule has 0 unspecified atom stereocenters. The van der Waals surface area contributed by atoms with Crippen molar-refractivity contribution in [3.8, 4) is 0 Å². The third kappa shape index (κ3) is 3.44. The molecule has 0 saturated heterocycles. The predicted octanol–water partition coefficient (Wildman–Crippen LogP) is 4.03. The molecule has 19 heavy (non-hydrogen) atoms. The summed E-state index contributed by atoms with van der Waals surface area (Å²) in [4.78, 5) is 12.0. The zero-order valence-corrected chi connectivity index (χ0v) is 13.3. The third-order valence-corrected chi connectivity index (χ3v) is 4.02. The molecule has 0 fully saturated rings. The average molecular weight is 435 g/mol. The molecule has 2 aromatic rings. The van der Waals surface area contributed by atoms with Gasteiger partial charge in [0.1, 0.15) is 5.82 Å². The number of nitrogens with two attached hydrogens (primary N) is 1. The molecule has 0 saturated carbocycles. The Labute approximate surface area is 131 Å². The van der Waals surface area contributed by atoms with Crippen LogP contribution in [0.4, 0.5) is 15.8 Å². The van der Waals surface area contributed by atoms with Crippen molar-refractivity contribution in [2.75, 3.05) is 11.1 Å². The lowest BCUT2D eigenvalue weighted by Crippen LogP contribution is -2.13. The Bertz CT molecular complexity index is 649. The van der Waals surface area contributed by atoms with Gasteiger partial charge in [-0.1, -0.05) is 0 Å². The maximum absolute atomic E-state index is 13.0. The Morgan fingerprint density at radius 2 is 2.00 bits per heavy atom. The molecule has 98 valence electrons. The lowest BCUT2D eigenvalue weighted by molar-refractivity contribution is 0.102. The van der Waals surface area contributed by atoms with Crippen LogP contribution < -0.4 is 11.1 Å². The van der Waals surface area contributed by atoms with E-state index in [0.717, 1.165) is 0 Å². The largest absolute Gasteiger partial charge is 0.398 e. The van der Waals surface area contributed by atoms with Crippen molar-refractivity contribution < 1.29 is 9.18 Å². The van der Waals surface area contributed by atoms with E-state index in [4.69, 9.17) is 5.73 Å². The van der Waals surface area contributed by atoms with Gasteiger partial charge in [-0.3, -0.25) is 4.79 Å². The van der Waals surface area contributed by atoms with Crippen LogP contribution in [0.25, 0.3) is 0 Å². The van der Waals surface area contributed by atoms with E-state index in [1.165, 1.54) is 18.2 Å². The summed E-state index contributed by atoms with van der Waals surface area (Å²) < 4.78 is 14.3. The summed E-state index contributed by atoms with van der Waals surface area (Å²) in [6.07, 6.45) is 0. The summed E-state index contributed by atoms with van der Waals surface area (Å²) in [5, 5.41) is 2.73. The van der Waals surface area contributed by atoms with Gasteiger partial charge in [-0.2, -0.15) is 0 Å². The smallest absolute Gasteiger partial charge is 0.255 e. The number of anilines is 2. The van der Waals surface area contributed by atoms with Crippen molar-refractivity contribution >= 4 is 55.8 Å². The monoisotopic (exact) mass is 434 g/mol. The maximum Gasteiger partial charge on any atom is 0.255 e. The summed E-state index contributed by atoms with van der Waals surface area (Å²) in [7, 11) is 0. The molecular weight excluding hydrogens is 426 g/mol. The van der Waals surface area contributed by atoms with Gasteiger partial charge in [-0.05, 0) is 74.9 Å². The third-order valence-electron chi connectivity index (χ3n) is 2.44. The Morgan fingerprint density at radius 3 is 2.63 bits per heavy atom. The van der Waals surface area contributed by atoms with Crippen LogP contribution in [0.5, 0.6) is 0 Å². The maximum atomic E-state index is 13.0. The summed E-state index contributed by atoms with van der Waals surface area (Å²) in [6, 6.07) is 9.11. The van der Waals surface area contributed by atoms with Crippen LogP contribution in [0.15, 0.2) is 40.9 Å². The SMILES string of the molecule is Nc1ccc(C(=O)Nc2ccc(F)cc2I)cc1Br. The first-order chi connectivity index (χ1) is 8.97. The van der Waals surface area contributed by atoms with Gasteiger partial charge in [-0.25, -0.2) is 4.39 Å². The summed E-state index contributed by atoms with van der Waals surface area (Å²) in [6.45, 7) is 0. The Kier molecular flexibility index (Phi) is 4.41. The van der Waals surface area contributed by atoms with Crippen LogP contribution >= 0.6 is 38.5 Å². The van der Waals surface area contributed by atoms with Crippen LogP contribution in [-0.2, 0) is 0 Å². The zero-order chi connectivity index (χ0) is 14.0. The molecular formula is C13H9BrFIN2O. The fourth-order valence-electron chi connectivity index (χ4n) is 1.45. The Morgan fingerprint density at radius 1 is 1.26 bits per heavy atom. The molecule has 0 aliphatic rings. The predicted molar refractivity (Wildman–Crippen MR) is 85.6 cm³/mol. The summed E-state index contributed by atoms with van der Waals surface area (Å²) in [5.41, 5.74) is 7.27. The standard InChI is InChI=1S/C13H9BrFIN2O/c14-9-5-7(1-3-11(9)17)13(19)18-12-4-2-8(15)6-10(12)16/h1-6H,17H2,(H,18,19). The Balaban J connectivity index is 2.23. The first kappa shape index (κ1) is 14.3. The van der Waals surface area contributed by atoms with E-state index in [1.54, 1.807) is 18.2 Å². The van der Waals surface area contributed by atoms with Crippen molar-refractivity contribution in [3.63, 3.8) is 0 Å². The lowest BCUT2D eigenvalue weighted by atomic mass is 10.2. The molecule has 1 amide bonds. The molecule has 3 N–H and O–H groups in total. The van der Waals surface area contributed by atoms with E-state index < -0.39 is 0 Å². The number of hydrogen-bond acceptors (Lipinski definition) is 2. The first-order valence-electron chi connectivity index (χ1n) is 5.29. The van der Waals surface area contributed by atoms with Gasteiger partial charge in [-0.15, -0.1) is 0 Å². The molecule has 6 heteroatoms. The number of amides is 1. The van der Waals surface area contributed by atoms with Crippen molar-refractivity contribution in [1.82, 2.24) is 0 Å². The van der Waals surface area contributed by atoms with Crippen molar-refractivity contribution in [3.05, 3.63) is 55.8 Å². The van der Waals surface area contributed by atoms with Crippen molar-refractivity contribution in [1.29, 1.82) is 0 Å². The van der Waals surface area contributed by atoms with Crippen LogP contribution in [0, 0.1) is 9.39 Å². The van der Waals surface area contributed by atoms with Gasteiger partial charge in [0.25, 0.3) is 5.91 Å². The topological polar surface area (TPSA) is 55.1 Å². The van der Waals surface area contributed by atoms with Gasteiger partial charge < -0.3 is 11.1 Å². The van der Waals surface area contributed by atoms with Crippen molar-refractivity contribution in [2.45, 2.75) is 0 Å². The number of carbonyl (C=O) groups is 1. The fourth-order valence-corrected chi connectivity index (χ4v) is 2.44. The van der Waals surface area contributed by atoms with E-state index in [2.05, 4.69) is 21.2 Å². The molecule has 0 radical (unpaired) electrons. The number of rotatable bonds is 2. The highest BCUT2D eigenvalue weighted by Crippen LogP contribution is 2.23. The van der Waals surface area contributed by atoms with Gasteiger partial charge in [0, 0.05) is 19.3 Å². The highest BCUT2D eigenvalue weighted by Gasteiger charge is 2.10. The van der Waals surface area contributed by atoms with E-state index in [9.17, 15) is 9.18 Å². The fraction of sp³-hybridized carbons (Fsp3) is 0. The molecule has 0 aliphatic carbocycles. The number of hydrogen-bond donors (Lipinski definition) is 2. The minimum Gasteiger partial charge on any atom is -0.398 e. The van der Waals surface area contributed by atoms with Crippen LogP contribution in [-0.4, -0.2) is 5.91 Å². The lowest BCUT2D eigenvalue weighted by Gasteiger charge is -2.08. The van der Waals surface area contributed by atoms with Gasteiger partial charge in [0.05, 0.1) is 5.69 Å². The Hall–Kier alpha value is -1.15. The second-order valence-electron chi connectivity index (χ2n) is 3.81. The molecule has 3 nitrogen and oxygen atoms in total. The molecule has 0 aliphatic heterocycles. The van der Waals surface area contributed by atoms with Gasteiger partial charge in [0.15, 0.2) is 0 Å². The minimum absolute atomic E-state index is 0.273. The van der Waals surface area contributed by atoms with Crippen molar-refractivity contribution in [2.24, 2.45) is 0 Å². The highest BCUT2D eigenvalue weighted by atomic mass is 127. The number of halogens is 3. The van der Waals surface area contributed by atoms with Gasteiger partial charge >= 0.3 is 0 Å². The molecule has 0 atom stereocenters. The van der Waals surface area contributed by atoms with Crippen LogP contribution in [0.2, 0.25) is 0 Å². The molecule has 0 bridgehead atoms. The molecule has 0 aromatic heterocycles. The van der Waals surface area contributed by atoms with Gasteiger partial charge in [0.2, 0.25) is 0 Å². The second-order valence-corrected chi connectivity index (χ2v) is 5.83.